The summed E-state index contributed by atoms with van der Waals surface area (Å²) in [4.78, 5) is 1.43. The summed E-state index contributed by atoms with van der Waals surface area (Å²) in [7, 11) is 0. The molecule has 1 aromatic heterocycles. The van der Waals surface area contributed by atoms with Crippen LogP contribution < -0.4 is 0 Å². The van der Waals surface area contributed by atoms with Crippen molar-refractivity contribution in [2.75, 3.05) is 0 Å². The average molecular weight is 449 g/mol. The van der Waals surface area contributed by atoms with E-state index in [-0.39, 0.29) is 5.41 Å². The number of allylic oxidation sites excluding steroid dienone is 3. The molecule has 0 atom stereocenters. The Kier molecular flexibility index (Phi) is 4.06. The summed E-state index contributed by atoms with van der Waals surface area (Å²) in [6.07, 6.45) is 4.55. The van der Waals surface area contributed by atoms with Crippen molar-refractivity contribution in [3.05, 3.63) is 78.6 Å². The third-order valence-electron chi connectivity index (χ3n) is 6.83. The quantitative estimate of drug-likeness (QED) is 0.369. The van der Waals surface area contributed by atoms with E-state index in [0.717, 1.165) is 12.8 Å². The van der Waals surface area contributed by atoms with Crippen molar-refractivity contribution >= 4 is 49.0 Å². The van der Waals surface area contributed by atoms with Gasteiger partial charge in [0.05, 0.1) is 0 Å². The molecule has 0 radical (unpaired) electrons. The maximum absolute atomic E-state index is 3.99. The molecule has 28 heavy (non-hydrogen) atoms. The fraction of sp³-hybridized carbons (Fsp3) is 0.308. The van der Waals surface area contributed by atoms with Crippen LogP contribution in [0.1, 0.15) is 53.5 Å². The highest BCUT2D eigenvalue weighted by atomic mass is 79.9. The molecule has 0 nitrogen and oxygen atoms in total. The summed E-state index contributed by atoms with van der Waals surface area (Å²) in [6.45, 7) is 11.7. The molecule has 142 valence electrons. The van der Waals surface area contributed by atoms with Crippen LogP contribution in [0.25, 0.3) is 21.7 Å². The largest absolute Gasteiger partial charge is 0.140 e. The van der Waals surface area contributed by atoms with Crippen molar-refractivity contribution in [2.24, 2.45) is 5.41 Å². The van der Waals surface area contributed by atoms with E-state index in [9.17, 15) is 0 Å². The van der Waals surface area contributed by atoms with Gasteiger partial charge in [-0.2, -0.15) is 0 Å². The Morgan fingerprint density at radius 1 is 1.04 bits per heavy atom. The van der Waals surface area contributed by atoms with Gasteiger partial charge < -0.3 is 0 Å². The third-order valence-corrected chi connectivity index (χ3v) is 8.86. The van der Waals surface area contributed by atoms with E-state index in [1.165, 1.54) is 64.0 Å². The molecule has 3 aromatic rings. The molecule has 0 saturated heterocycles. The molecule has 2 heteroatoms. The molecule has 0 bridgehead atoms. The summed E-state index contributed by atoms with van der Waals surface area (Å²) in [5.41, 5.74) is 11.8. The van der Waals surface area contributed by atoms with Gasteiger partial charge in [0.2, 0.25) is 0 Å². The predicted octanol–water partition coefficient (Wildman–Crippen LogP) is 8.28. The van der Waals surface area contributed by atoms with Crippen LogP contribution >= 0.6 is 27.3 Å². The first kappa shape index (κ1) is 18.4. The second kappa shape index (κ2) is 6.18. The van der Waals surface area contributed by atoms with E-state index in [1.807, 2.05) is 11.3 Å². The number of hydrogen-bond acceptors (Lipinski definition) is 1. The van der Waals surface area contributed by atoms with Crippen LogP contribution in [0.5, 0.6) is 0 Å². The lowest BCUT2D eigenvalue weighted by Crippen LogP contribution is -2.17. The van der Waals surface area contributed by atoms with Crippen molar-refractivity contribution in [1.82, 2.24) is 0 Å². The summed E-state index contributed by atoms with van der Waals surface area (Å²) in [6, 6.07) is 11.3. The Morgan fingerprint density at radius 3 is 2.54 bits per heavy atom. The second-order valence-corrected chi connectivity index (χ2v) is 10.9. The zero-order chi connectivity index (χ0) is 19.8. The number of thiophene rings is 1. The molecular formula is C26H25BrS. The van der Waals surface area contributed by atoms with Crippen LogP contribution in [0, 0.1) is 19.3 Å². The van der Waals surface area contributed by atoms with Crippen LogP contribution in [0.2, 0.25) is 0 Å². The number of hydrogen-bond donors (Lipinski definition) is 0. The molecule has 0 unspecified atom stereocenters. The van der Waals surface area contributed by atoms with Crippen molar-refractivity contribution in [3.8, 4) is 0 Å². The normalized spacial score (nSPS) is 16.0. The first-order valence-corrected chi connectivity index (χ1v) is 11.6. The SMILES string of the molecule is CC1=C(C(C)(C)C2=Cc3ccccc3C2)c2cc3sc(C)c(C)c3c(Br)c2C1. The molecular weight excluding hydrogens is 424 g/mol. The maximum Gasteiger partial charge on any atom is 0.0365 e. The van der Waals surface area contributed by atoms with Crippen LogP contribution in [-0.4, -0.2) is 0 Å². The van der Waals surface area contributed by atoms with E-state index < -0.39 is 0 Å². The molecule has 2 aliphatic rings. The van der Waals surface area contributed by atoms with Gasteiger partial charge in [-0.25, -0.2) is 0 Å². The minimum atomic E-state index is 0.0306. The number of fused-ring (bicyclic) bond motifs is 3. The van der Waals surface area contributed by atoms with Gasteiger partial charge in [0.1, 0.15) is 0 Å². The van der Waals surface area contributed by atoms with Gasteiger partial charge in [0.25, 0.3) is 0 Å². The molecule has 1 heterocycles. The molecule has 2 aliphatic carbocycles. The van der Waals surface area contributed by atoms with Gasteiger partial charge in [0.15, 0.2) is 0 Å². The van der Waals surface area contributed by atoms with E-state index in [2.05, 4.69) is 87.0 Å². The molecule has 0 N–H and O–H groups in total. The first-order valence-electron chi connectivity index (χ1n) is 9.99. The maximum atomic E-state index is 3.99. The van der Waals surface area contributed by atoms with E-state index in [0.29, 0.717) is 0 Å². The smallest absolute Gasteiger partial charge is 0.0365 e. The van der Waals surface area contributed by atoms with Crippen LogP contribution in [0.4, 0.5) is 0 Å². The summed E-state index contributed by atoms with van der Waals surface area (Å²) in [5, 5.41) is 1.42. The highest BCUT2D eigenvalue weighted by Crippen LogP contribution is 2.53. The van der Waals surface area contributed by atoms with Crippen molar-refractivity contribution in [3.63, 3.8) is 0 Å². The van der Waals surface area contributed by atoms with Crippen LogP contribution in [-0.2, 0) is 12.8 Å². The van der Waals surface area contributed by atoms with Gasteiger partial charge in [0, 0.05) is 24.9 Å². The fourth-order valence-corrected chi connectivity index (χ4v) is 7.32. The van der Waals surface area contributed by atoms with Gasteiger partial charge >= 0.3 is 0 Å². The first-order chi connectivity index (χ1) is 13.3. The Labute approximate surface area is 180 Å². The molecule has 5 rings (SSSR count). The minimum absolute atomic E-state index is 0.0306. The van der Waals surface area contributed by atoms with Gasteiger partial charge in [-0.1, -0.05) is 55.3 Å². The lowest BCUT2D eigenvalue weighted by molar-refractivity contribution is 0.592. The monoisotopic (exact) mass is 448 g/mol. The lowest BCUT2D eigenvalue weighted by atomic mass is 9.73. The third kappa shape index (κ3) is 2.47. The van der Waals surface area contributed by atoms with Crippen LogP contribution in [0.15, 0.2) is 46.0 Å². The van der Waals surface area contributed by atoms with Gasteiger partial charge in [-0.05, 0) is 89.0 Å². The van der Waals surface area contributed by atoms with E-state index in [1.54, 1.807) is 0 Å². The zero-order valence-electron chi connectivity index (χ0n) is 17.2. The number of aryl methyl sites for hydroxylation is 2. The minimum Gasteiger partial charge on any atom is -0.140 e. The highest BCUT2D eigenvalue weighted by molar-refractivity contribution is 9.10. The van der Waals surface area contributed by atoms with Crippen molar-refractivity contribution in [1.29, 1.82) is 0 Å². The fourth-order valence-electron chi connectivity index (χ4n) is 5.21. The van der Waals surface area contributed by atoms with Crippen molar-refractivity contribution < 1.29 is 0 Å². The molecule has 0 fully saturated rings. The molecule has 0 amide bonds. The van der Waals surface area contributed by atoms with Crippen LogP contribution in [0.3, 0.4) is 0 Å². The van der Waals surface area contributed by atoms with Gasteiger partial charge in [-0.3, -0.25) is 0 Å². The summed E-state index contributed by atoms with van der Waals surface area (Å²) in [5.74, 6) is 0. The number of benzene rings is 2. The molecule has 2 aromatic carbocycles. The predicted molar refractivity (Wildman–Crippen MR) is 127 cm³/mol. The standard InChI is InChI=1S/C26H25BrS/c1-14-10-21-20(13-22-23(25(21)27)15(2)16(3)28-22)24(14)26(4,5)19-11-17-8-6-7-9-18(17)12-19/h6-9,11,13H,10,12H2,1-5H3. The van der Waals surface area contributed by atoms with Crippen molar-refractivity contribution in [2.45, 2.75) is 47.5 Å². The Morgan fingerprint density at radius 2 is 1.79 bits per heavy atom. The number of halogens is 1. The Balaban J connectivity index is 1.67. The van der Waals surface area contributed by atoms with E-state index in [4.69, 9.17) is 0 Å². The summed E-state index contributed by atoms with van der Waals surface area (Å²) >= 11 is 5.92. The molecule has 0 saturated carbocycles. The van der Waals surface area contributed by atoms with Gasteiger partial charge in [-0.15, -0.1) is 11.3 Å². The average Bonchev–Trinajstić information content (AvgIpc) is 3.30. The van der Waals surface area contributed by atoms with E-state index >= 15 is 0 Å². The Bertz CT molecular complexity index is 1220. The topological polar surface area (TPSA) is 0 Å². The zero-order valence-corrected chi connectivity index (χ0v) is 19.6. The molecule has 0 spiro atoms. The second-order valence-electron chi connectivity index (χ2n) is 8.88. The summed E-state index contributed by atoms with van der Waals surface area (Å²) < 4.78 is 2.73. The molecule has 0 aliphatic heterocycles. The number of rotatable bonds is 2. The highest BCUT2D eigenvalue weighted by Gasteiger charge is 2.37. The lowest BCUT2D eigenvalue weighted by Gasteiger charge is -2.31. The Hall–Kier alpha value is -1.64.